The minimum Gasteiger partial charge on any atom is -0.510 e. The summed E-state index contributed by atoms with van der Waals surface area (Å²) in [5.74, 6) is -9.83. The quantitative estimate of drug-likeness (QED) is 0.239. The predicted molar refractivity (Wildman–Crippen MR) is 145 cm³/mol. The molecule has 2 aromatic rings. The number of likely N-dealkylation sites (N-methyl/N-ethyl adjacent to an activating group) is 1. The molecule has 0 bridgehead atoms. The number of halogens is 1. The van der Waals surface area contributed by atoms with E-state index in [2.05, 4.69) is 0 Å². The van der Waals surface area contributed by atoms with Crippen LogP contribution in [0.1, 0.15) is 39.9 Å². The summed E-state index contributed by atoms with van der Waals surface area (Å²) in [5, 5.41) is 56.9. The normalized spacial score (nSPS) is 29.6. The highest BCUT2D eigenvalue weighted by molar-refractivity contribution is 6.25. The van der Waals surface area contributed by atoms with Gasteiger partial charge in [0.15, 0.2) is 11.4 Å². The highest BCUT2D eigenvalue weighted by atomic mass is 19.1. The van der Waals surface area contributed by atoms with Crippen molar-refractivity contribution >= 4 is 29.6 Å². The molecule has 10 nitrogen and oxygen atoms in total. The lowest BCUT2D eigenvalue weighted by Crippen LogP contribution is -2.68. The zero-order valence-electron chi connectivity index (χ0n) is 22.4. The van der Waals surface area contributed by atoms with Crippen molar-refractivity contribution in [1.29, 1.82) is 0 Å². The van der Waals surface area contributed by atoms with E-state index in [1.807, 2.05) is 0 Å². The minimum absolute atomic E-state index is 0.188. The van der Waals surface area contributed by atoms with E-state index in [1.165, 1.54) is 49.3 Å². The smallest absolute Gasteiger partial charge is 0.255 e. The standard InChI is InChI=1S/C30H29FN2O8/c1-12-16-11-8-14(7-4-13-5-9-15(31)10-6-13)23(34)18(16)24(35)19-17(12)25(36)21-22(33(2)3)26(37)20(29(32)40)28(39)30(21,41)27(19)38/h4-12,17,21-22,25,34,36-38,41H,1-3H3,(H2,32,40)/b7-4+/t12-,17-,21+,22+,25+,30+/m1/s1. The molecule has 0 aliphatic heterocycles. The molecule has 0 saturated carbocycles. The number of hydrogen-bond donors (Lipinski definition) is 6. The average molecular weight is 565 g/mol. The van der Waals surface area contributed by atoms with Crippen molar-refractivity contribution in [1.82, 2.24) is 4.90 Å². The van der Waals surface area contributed by atoms with Gasteiger partial charge in [-0.05, 0) is 43.3 Å². The first-order chi connectivity index (χ1) is 19.2. The van der Waals surface area contributed by atoms with Crippen LogP contribution < -0.4 is 5.73 Å². The molecule has 0 spiro atoms. The fourth-order valence-corrected chi connectivity index (χ4v) is 6.53. The highest BCUT2D eigenvalue weighted by Gasteiger charge is 2.67. The van der Waals surface area contributed by atoms with Crippen LogP contribution in [-0.2, 0) is 9.59 Å². The summed E-state index contributed by atoms with van der Waals surface area (Å²) in [6, 6.07) is 7.43. The maximum Gasteiger partial charge on any atom is 0.255 e. The number of phenols is 1. The summed E-state index contributed by atoms with van der Waals surface area (Å²) in [4.78, 5) is 40.9. The predicted octanol–water partition coefficient (Wildman–Crippen LogP) is 1.96. The third kappa shape index (κ3) is 3.91. The van der Waals surface area contributed by atoms with Gasteiger partial charge < -0.3 is 31.3 Å². The Morgan fingerprint density at radius 2 is 1.68 bits per heavy atom. The molecule has 214 valence electrons. The molecule has 7 N–H and O–H groups in total. The lowest BCUT2D eigenvalue weighted by atomic mass is 9.55. The molecule has 2 aromatic carbocycles. The van der Waals surface area contributed by atoms with Gasteiger partial charge in [-0.2, -0.15) is 0 Å². The Hall–Kier alpha value is -4.32. The molecule has 5 rings (SSSR count). The molecule has 6 atom stereocenters. The van der Waals surface area contributed by atoms with Crippen LogP contribution in [0.5, 0.6) is 5.75 Å². The van der Waals surface area contributed by atoms with Crippen LogP contribution in [0, 0.1) is 17.7 Å². The third-order valence-electron chi connectivity index (χ3n) is 8.49. The molecule has 3 aliphatic carbocycles. The topological polar surface area (TPSA) is 182 Å². The van der Waals surface area contributed by atoms with Crippen LogP contribution >= 0.6 is 0 Å². The first-order valence-corrected chi connectivity index (χ1v) is 12.9. The van der Waals surface area contributed by atoms with Gasteiger partial charge in [0.25, 0.3) is 5.91 Å². The molecule has 11 heteroatoms. The number of nitrogens with two attached hydrogens (primary N) is 1. The highest BCUT2D eigenvalue weighted by Crippen LogP contribution is 2.55. The number of hydrogen-bond acceptors (Lipinski definition) is 9. The zero-order valence-corrected chi connectivity index (χ0v) is 22.4. The number of aromatic hydroxyl groups is 1. The molecule has 0 radical (unpaired) electrons. The SMILES string of the molecule is C[C@@H]1c2ccc(/C=C/c3ccc(F)cc3)c(O)c2C(=O)C2=C(O)[C@]3(O)C(=O)C(C(N)=O)=C(O)[C@@H](N(C)C)[C@H]3[C@@H](O)[C@@H]21. The maximum atomic E-state index is 13.9. The van der Waals surface area contributed by atoms with E-state index in [-0.39, 0.29) is 11.1 Å². The fraction of sp³-hybridized carbons (Fsp3) is 0.300. The molecule has 0 fully saturated rings. The van der Waals surface area contributed by atoms with E-state index in [4.69, 9.17) is 5.73 Å². The summed E-state index contributed by atoms with van der Waals surface area (Å²) in [7, 11) is 2.95. The number of fused-ring (bicyclic) bond motifs is 3. The molecule has 0 saturated heterocycles. The Balaban J connectivity index is 1.69. The summed E-state index contributed by atoms with van der Waals surface area (Å²) in [6.45, 7) is 1.66. The van der Waals surface area contributed by atoms with Crippen molar-refractivity contribution in [2.75, 3.05) is 14.1 Å². The second-order valence-corrected chi connectivity index (χ2v) is 10.9. The third-order valence-corrected chi connectivity index (χ3v) is 8.49. The second-order valence-electron chi connectivity index (χ2n) is 10.9. The maximum absolute atomic E-state index is 13.9. The number of carbonyl (C=O) groups is 3. The second kappa shape index (κ2) is 9.65. The number of benzene rings is 2. The summed E-state index contributed by atoms with van der Waals surface area (Å²) >= 11 is 0. The van der Waals surface area contributed by atoms with Crippen molar-refractivity contribution in [2.24, 2.45) is 17.6 Å². The number of ketones is 2. The van der Waals surface area contributed by atoms with Crippen molar-refractivity contribution < 1.29 is 44.3 Å². The van der Waals surface area contributed by atoms with Gasteiger partial charge >= 0.3 is 0 Å². The number of Topliss-reactive ketones (excluding diaryl/α,β-unsaturated/α-hetero) is 2. The van der Waals surface area contributed by atoms with E-state index in [0.29, 0.717) is 11.1 Å². The van der Waals surface area contributed by atoms with E-state index < -0.39 is 87.2 Å². The van der Waals surface area contributed by atoms with Gasteiger partial charge in [0.1, 0.15) is 28.7 Å². The molecule has 0 unspecified atom stereocenters. The van der Waals surface area contributed by atoms with Crippen LogP contribution in [0.2, 0.25) is 0 Å². The number of carbonyl (C=O) groups excluding carboxylic acids is 3. The Bertz CT molecular complexity index is 1590. The summed E-state index contributed by atoms with van der Waals surface area (Å²) < 4.78 is 13.3. The van der Waals surface area contributed by atoms with Gasteiger partial charge in [-0.1, -0.05) is 43.3 Å². The van der Waals surface area contributed by atoms with Crippen LogP contribution in [0.15, 0.2) is 59.1 Å². The lowest BCUT2D eigenvalue weighted by molar-refractivity contribution is -0.162. The Morgan fingerprint density at radius 3 is 2.27 bits per heavy atom. The molecule has 3 aliphatic rings. The van der Waals surface area contributed by atoms with E-state index >= 15 is 0 Å². The molecule has 1 amide bonds. The first-order valence-electron chi connectivity index (χ1n) is 12.9. The van der Waals surface area contributed by atoms with Crippen molar-refractivity contribution in [3.05, 3.63) is 87.1 Å². The number of aliphatic hydroxyl groups excluding tert-OH is 3. The number of aliphatic hydroxyl groups is 4. The van der Waals surface area contributed by atoms with Crippen LogP contribution in [0.25, 0.3) is 12.2 Å². The number of phenolic OH excluding ortho intramolecular Hbond substituents is 1. The number of nitrogens with zero attached hydrogens (tertiary/aromatic N) is 1. The Morgan fingerprint density at radius 1 is 1.05 bits per heavy atom. The summed E-state index contributed by atoms with van der Waals surface area (Å²) in [5.41, 5.74) is 1.95. The van der Waals surface area contributed by atoms with Crippen molar-refractivity contribution in [3.8, 4) is 5.75 Å². The zero-order chi connectivity index (χ0) is 30.1. The van der Waals surface area contributed by atoms with Gasteiger partial charge in [0.2, 0.25) is 5.78 Å². The van der Waals surface area contributed by atoms with Gasteiger partial charge in [0, 0.05) is 17.1 Å². The van der Waals surface area contributed by atoms with Gasteiger partial charge in [0.05, 0.1) is 23.6 Å². The van der Waals surface area contributed by atoms with Gasteiger partial charge in [-0.3, -0.25) is 19.3 Å². The van der Waals surface area contributed by atoms with Crippen molar-refractivity contribution in [3.63, 3.8) is 0 Å². The van der Waals surface area contributed by atoms with Crippen LogP contribution in [-0.4, -0.2) is 79.7 Å². The Labute approximate surface area is 234 Å². The van der Waals surface area contributed by atoms with E-state index in [1.54, 1.807) is 25.1 Å². The number of rotatable bonds is 4. The number of primary amides is 1. The Kier molecular flexibility index (Phi) is 6.64. The fourth-order valence-electron chi connectivity index (χ4n) is 6.53. The number of amides is 1. The molecule has 41 heavy (non-hydrogen) atoms. The van der Waals surface area contributed by atoms with Crippen molar-refractivity contribution in [2.45, 2.75) is 30.6 Å². The van der Waals surface area contributed by atoms with E-state index in [9.17, 15) is 44.3 Å². The van der Waals surface area contributed by atoms with E-state index in [0.717, 1.165) is 0 Å². The van der Waals surface area contributed by atoms with Crippen LogP contribution in [0.3, 0.4) is 0 Å². The molecule has 0 aromatic heterocycles. The minimum atomic E-state index is -2.97. The molecular formula is C30H29FN2O8. The average Bonchev–Trinajstić information content (AvgIpc) is 2.90. The lowest BCUT2D eigenvalue weighted by Gasteiger charge is -2.53. The summed E-state index contributed by atoms with van der Waals surface area (Å²) in [6.07, 6.45) is 1.45. The first kappa shape index (κ1) is 28.2. The van der Waals surface area contributed by atoms with Crippen LogP contribution in [0.4, 0.5) is 4.39 Å². The van der Waals surface area contributed by atoms with Gasteiger partial charge in [-0.25, -0.2) is 4.39 Å². The largest absolute Gasteiger partial charge is 0.510 e. The van der Waals surface area contributed by atoms with Gasteiger partial charge in [-0.15, -0.1) is 0 Å². The monoisotopic (exact) mass is 564 g/mol. The molecular weight excluding hydrogens is 535 g/mol. The molecule has 0 heterocycles.